The Balaban J connectivity index is 1.27. The van der Waals surface area contributed by atoms with Crippen LogP contribution in [0.4, 0.5) is 0 Å². The van der Waals surface area contributed by atoms with Gasteiger partial charge in [0.05, 0.1) is 12.0 Å². The third kappa shape index (κ3) is 5.01. The molecule has 0 bridgehead atoms. The number of likely N-dealkylation sites (tertiary alicyclic amines) is 1. The van der Waals surface area contributed by atoms with E-state index in [-0.39, 0.29) is 11.3 Å². The number of carbonyl (C=O) groups excluding carboxylic acids is 1. The van der Waals surface area contributed by atoms with Gasteiger partial charge in [-0.1, -0.05) is 53.8 Å². The van der Waals surface area contributed by atoms with Gasteiger partial charge in [-0.3, -0.25) is 9.69 Å². The summed E-state index contributed by atoms with van der Waals surface area (Å²) in [5.41, 5.74) is 1.81. The van der Waals surface area contributed by atoms with Crippen molar-refractivity contribution in [2.24, 2.45) is 5.92 Å². The Morgan fingerprint density at radius 3 is 2.62 bits per heavy atom. The number of nitrogens with one attached hydrogen (secondary N) is 1. The molecule has 1 unspecified atom stereocenters. The predicted molar refractivity (Wildman–Crippen MR) is 118 cm³/mol. The molecule has 0 spiro atoms. The second kappa shape index (κ2) is 9.03. The molecule has 2 aromatic rings. The molecule has 3 nitrogen and oxygen atoms in total. The lowest BCUT2D eigenvalue weighted by Gasteiger charge is -2.31. The molecule has 150 valence electrons. The number of piperidine rings is 1. The minimum atomic E-state index is -0.333. The van der Waals surface area contributed by atoms with Gasteiger partial charge in [0, 0.05) is 23.7 Å². The third-order valence-electron chi connectivity index (χ3n) is 6.05. The second-order valence-corrected chi connectivity index (χ2v) is 8.65. The fourth-order valence-corrected chi connectivity index (χ4v) is 4.31. The van der Waals surface area contributed by atoms with E-state index in [1.54, 1.807) is 0 Å². The Hall–Kier alpha value is -2.28. The molecule has 1 N–H and O–H groups in total. The fraction of sp³-hybridized carbons (Fsp3) is 0.400. The average Bonchev–Trinajstić information content (AvgIpc) is 3.56. The van der Waals surface area contributed by atoms with E-state index in [0.29, 0.717) is 10.9 Å². The lowest BCUT2D eigenvalue weighted by Crippen LogP contribution is -2.43. The second-order valence-electron chi connectivity index (χ2n) is 8.21. The van der Waals surface area contributed by atoms with Crippen LogP contribution in [0.2, 0.25) is 5.02 Å². The minimum absolute atomic E-state index is 0.167. The summed E-state index contributed by atoms with van der Waals surface area (Å²) in [7, 11) is 0. The van der Waals surface area contributed by atoms with Crippen molar-refractivity contribution in [2.75, 3.05) is 26.2 Å². The Morgan fingerprint density at radius 2 is 1.90 bits per heavy atom. The van der Waals surface area contributed by atoms with Gasteiger partial charge in [-0.25, -0.2) is 0 Å². The monoisotopic (exact) mass is 406 g/mol. The highest BCUT2D eigenvalue weighted by molar-refractivity contribution is 6.30. The SMILES string of the molecule is O=C(NCC1CCCN(CC#Cc2ccccc2)C1)C1(c2ccc(Cl)cc2)CC1. The van der Waals surface area contributed by atoms with Crippen molar-refractivity contribution in [1.82, 2.24) is 10.2 Å². The van der Waals surface area contributed by atoms with Crippen LogP contribution in [0, 0.1) is 17.8 Å². The summed E-state index contributed by atoms with van der Waals surface area (Å²) in [6.07, 6.45) is 4.17. The Kier molecular flexibility index (Phi) is 6.23. The van der Waals surface area contributed by atoms with Crippen molar-refractivity contribution in [3.05, 3.63) is 70.7 Å². The number of rotatable bonds is 5. The maximum atomic E-state index is 12.9. The first-order valence-corrected chi connectivity index (χ1v) is 10.8. The van der Waals surface area contributed by atoms with Gasteiger partial charge in [-0.15, -0.1) is 0 Å². The molecule has 0 aromatic heterocycles. The summed E-state index contributed by atoms with van der Waals surface area (Å²) in [6.45, 7) is 3.62. The zero-order valence-electron chi connectivity index (χ0n) is 16.7. The van der Waals surface area contributed by atoms with Gasteiger partial charge in [0.2, 0.25) is 5.91 Å². The third-order valence-corrected chi connectivity index (χ3v) is 6.30. The van der Waals surface area contributed by atoms with E-state index in [0.717, 1.165) is 63.0 Å². The molecule has 4 heteroatoms. The van der Waals surface area contributed by atoms with Gasteiger partial charge in [-0.2, -0.15) is 0 Å². The number of halogens is 1. The van der Waals surface area contributed by atoms with Gasteiger partial charge in [-0.05, 0) is 68.0 Å². The molecule has 4 rings (SSSR count). The van der Waals surface area contributed by atoms with E-state index in [1.165, 1.54) is 0 Å². The van der Waals surface area contributed by atoms with Crippen molar-refractivity contribution >= 4 is 17.5 Å². The summed E-state index contributed by atoms with van der Waals surface area (Å²) in [4.78, 5) is 15.3. The summed E-state index contributed by atoms with van der Waals surface area (Å²) >= 11 is 5.99. The summed E-state index contributed by atoms with van der Waals surface area (Å²) in [5.74, 6) is 7.19. The average molecular weight is 407 g/mol. The molecule has 29 heavy (non-hydrogen) atoms. The predicted octanol–water partition coefficient (Wildman–Crippen LogP) is 4.25. The quantitative estimate of drug-likeness (QED) is 0.753. The van der Waals surface area contributed by atoms with Crippen LogP contribution in [0.3, 0.4) is 0 Å². The minimum Gasteiger partial charge on any atom is -0.355 e. The van der Waals surface area contributed by atoms with Gasteiger partial charge in [0.1, 0.15) is 0 Å². The first kappa shape index (κ1) is 20.0. The highest BCUT2D eigenvalue weighted by Gasteiger charge is 2.51. The van der Waals surface area contributed by atoms with Crippen molar-refractivity contribution in [1.29, 1.82) is 0 Å². The highest BCUT2D eigenvalue weighted by atomic mass is 35.5. The van der Waals surface area contributed by atoms with E-state index in [1.807, 2.05) is 54.6 Å². The number of benzene rings is 2. The van der Waals surface area contributed by atoms with Crippen LogP contribution in [0.25, 0.3) is 0 Å². The molecule has 1 saturated heterocycles. The molecular formula is C25H27ClN2O. The van der Waals surface area contributed by atoms with E-state index >= 15 is 0 Å². The maximum absolute atomic E-state index is 12.9. The first-order valence-electron chi connectivity index (χ1n) is 10.5. The highest BCUT2D eigenvalue weighted by Crippen LogP contribution is 2.48. The molecule has 1 amide bonds. The maximum Gasteiger partial charge on any atom is 0.230 e. The molecule has 2 fully saturated rings. The molecule has 2 aromatic carbocycles. The Labute approximate surface area is 178 Å². The number of hydrogen-bond donors (Lipinski definition) is 1. The Bertz CT molecular complexity index is 894. The molecular weight excluding hydrogens is 380 g/mol. The zero-order valence-corrected chi connectivity index (χ0v) is 17.4. The number of hydrogen-bond acceptors (Lipinski definition) is 2. The zero-order chi connectivity index (χ0) is 20.1. The van der Waals surface area contributed by atoms with E-state index < -0.39 is 0 Å². The van der Waals surface area contributed by atoms with Crippen LogP contribution in [0.1, 0.15) is 36.8 Å². The van der Waals surface area contributed by atoms with Gasteiger partial charge < -0.3 is 5.32 Å². The number of carbonyl (C=O) groups is 1. The number of nitrogens with zero attached hydrogens (tertiary/aromatic N) is 1. The molecule has 1 atom stereocenters. The summed E-state index contributed by atoms with van der Waals surface area (Å²) in [5, 5.41) is 3.95. The van der Waals surface area contributed by atoms with Crippen LogP contribution in [0.15, 0.2) is 54.6 Å². The van der Waals surface area contributed by atoms with Crippen LogP contribution >= 0.6 is 11.6 Å². The molecule has 1 aliphatic carbocycles. The van der Waals surface area contributed by atoms with Crippen LogP contribution in [-0.4, -0.2) is 37.0 Å². The molecule has 1 aliphatic heterocycles. The molecule has 0 radical (unpaired) electrons. The standard InChI is InChI=1S/C25H27ClN2O/c26-23-12-10-22(11-13-23)25(14-15-25)24(29)27-18-21-9-5-17-28(19-21)16-4-8-20-6-2-1-3-7-20/h1-3,6-7,10-13,21H,5,9,14-19H2,(H,27,29). The van der Waals surface area contributed by atoms with Crippen molar-refractivity contribution in [3.8, 4) is 11.8 Å². The summed E-state index contributed by atoms with van der Waals surface area (Å²) in [6, 6.07) is 17.8. The van der Waals surface area contributed by atoms with Gasteiger partial charge in [0.25, 0.3) is 0 Å². The van der Waals surface area contributed by atoms with E-state index in [9.17, 15) is 4.79 Å². The molecule has 2 aliphatic rings. The van der Waals surface area contributed by atoms with Crippen molar-refractivity contribution in [2.45, 2.75) is 31.1 Å². The molecule has 1 saturated carbocycles. The lowest BCUT2D eigenvalue weighted by molar-refractivity contribution is -0.123. The fourth-order valence-electron chi connectivity index (χ4n) is 4.18. The van der Waals surface area contributed by atoms with Gasteiger partial charge >= 0.3 is 0 Å². The normalized spacial score (nSPS) is 20.4. The van der Waals surface area contributed by atoms with Crippen LogP contribution < -0.4 is 5.32 Å². The van der Waals surface area contributed by atoms with Crippen LogP contribution in [0.5, 0.6) is 0 Å². The van der Waals surface area contributed by atoms with Crippen molar-refractivity contribution in [3.63, 3.8) is 0 Å². The van der Waals surface area contributed by atoms with Crippen molar-refractivity contribution < 1.29 is 4.79 Å². The van der Waals surface area contributed by atoms with Gasteiger partial charge in [0.15, 0.2) is 0 Å². The number of amides is 1. The topological polar surface area (TPSA) is 32.3 Å². The Morgan fingerprint density at radius 1 is 1.14 bits per heavy atom. The molecule has 1 heterocycles. The summed E-state index contributed by atoms with van der Waals surface area (Å²) < 4.78 is 0. The largest absolute Gasteiger partial charge is 0.355 e. The first-order chi connectivity index (χ1) is 14.2. The van der Waals surface area contributed by atoms with Crippen LogP contribution in [-0.2, 0) is 10.2 Å². The van der Waals surface area contributed by atoms with E-state index in [4.69, 9.17) is 11.6 Å². The smallest absolute Gasteiger partial charge is 0.230 e. The van der Waals surface area contributed by atoms with E-state index in [2.05, 4.69) is 22.1 Å². The lowest BCUT2D eigenvalue weighted by atomic mass is 9.94.